The van der Waals surface area contributed by atoms with E-state index in [1.165, 1.54) is 0 Å². The highest BCUT2D eigenvalue weighted by Crippen LogP contribution is 2.19. The number of ether oxygens (including phenoxy) is 1. The molecule has 0 aromatic heterocycles. The Kier molecular flexibility index (Phi) is 3.75. The van der Waals surface area contributed by atoms with E-state index in [0.29, 0.717) is 5.02 Å². The summed E-state index contributed by atoms with van der Waals surface area (Å²) >= 11 is 5.93. The summed E-state index contributed by atoms with van der Waals surface area (Å²) in [6.07, 6.45) is 0. The maximum absolute atomic E-state index is 11.5. The number of carbonyl (C=O) groups is 1. The molecule has 0 saturated heterocycles. The smallest absolute Gasteiger partial charge is 0.311 e. The topological polar surface area (TPSA) is 26.3 Å². The van der Waals surface area contributed by atoms with E-state index in [0.717, 1.165) is 5.56 Å². The van der Waals surface area contributed by atoms with Gasteiger partial charge >= 0.3 is 5.97 Å². The molecule has 0 saturated carbocycles. The highest BCUT2D eigenvalue weighted by atomic mass is 35.5. The Morgan fingerprint density at radius 1 is 1.33 bits per heavy atom. The number of rotatable bonds is 2. The lowest BCUT2D eigenvalue weighted by Crippen LogP contribution is -2.22. The molecule has 1 rings (SSSR count). The van der Waals surface area contributed by atoms with Gasteiger partial charge in [0.2, 0.25) is 0 Å². The van der Waals surface area contributed by atoms with Gasteiger partial charge in [0.25, 0.3) is 0 Å². The number of esters is 1. The highest BCUT2D eigenvalue weighted by molar-refractivity contribution is 6.31. The van der Waals surface area contributed by atoms with E-state index in [9.17, 15) is 4.79 Å². The van der Waals surface area contributed by atoms with Crippen LogP contribution in [0.1, 0.15) is 26.3 Å². The molecule has 0 aliphatic heterocycles. The fourth-order valence-electron chi connectivity index (χ4n) is 0.975. The minimum Gasteiger partial charge on any atom is -0.460 e. The van der Waals surface area contributed by atoms with E-state index in [1.807, 2.05) is 39.0 Å². The minimum absolute atomic E-state index is 0.220. The van der Waals surface area contributed by atoms with Gasteiger partial charge in [-0.3, -0.25) is 4.79 Å². The maximum atomic E-state index is 11.5. The van der Waals surface area contributed by atoms with Crippen molar-refractivity contribution in [3.05, 3.63) is 34.9 Å². The largest absolute Gasteiger partial charge is 0.460 e. The Morgan fingerprint density at radius 3 is 2.47 bits per heavy atom. The lowest BCUT2D eigenvalue weighted by atomic mass is 9.97. The number of carbonyl (C=O) groups excluding carboxylic acids is 1. The third-order valence-corrected chi connectivity index (χ3v) is 2.30. The van der Waals surface area contributed by atoms with E-state index in [2.05, 4.69) is 0 Å². The SMILES string of the molecule is CC(C)(C)C(=O)OCc1ccccc1Cl. The Morgan fingerprint density at radius 2 is 1.93 bits per heavy atom. The summed E-state index contributed by atoms with van der Waals surface area (Å²) in [6.45, 7) is 5.70. The van der Waals surface area contributed by atoms with Crippen molar-refractivity contribution >= 4 is 17.6 Å². The number of hydrogen-bond acceptors (Lipinski definition) is 2. The molecule has 0 spiro atoms. The van der Waals surface area contributed by atoms with Crippen molar-refractivity contribution in [2.75, 3.05) is 0 Å². The molecule has 0 bridgehead atoms. The van der Waals surface area contributed by atoms with Crippen molar-refractivity contribution in [2.24, 2.45) is 5.41 Å². The van der Waals surface area contributed by atoms with E-state index in [1.54, 1.807) is 6.07 Å². The van der Waals surface area contributed by atoms with Gasteiger partial charge in [-0.25, -0.2) is 0 Å². The molecule has 0 fully saturated rings. The molecule has 82 valence electrons. The third kappa shape index (κ3) is 3.56. The molecular weight excluding hydrogens is 212 g/mol. The van der Waals surface area contributed by atoms with Crippen molar-refractivity contribution in [1.82, 2.24) is 0 Å². The molecule has 0 aliphatic rings. The second kappa shape index (κ2) is 4.67. The van der Waals surface area contributed by atoms with Crippen molar-refractivity contribution in [1.29, 1.82) is 0 Å². The Hall–Kier alpha value is -1.02. The van der Waals surface area contributed by atoms with Crippen LogP contribution in [0.5, 0.6) is 0 Å². The molecule has 15 heavy (non-hydrogen) atoms. The van der Waals surface area contributed by atoms with Gasteiger partial charge in [0, 0.05) is 10.6 Å². The first kappa shape index (κ1) is 12.1. The van der Waals surface area contributed by atoms with Gasteiger partial charge in [0.15, 0.2) is 0 Å². The van der Waals surface area contributed by atoms with Crippen LogP contribution in [0.4, 0.5) is 0 Å². The van der Waals surface area contributed by atoms with Crippen LogP contribution < -0.4 is 0 Å². The van der Waals surface area contributed by atoms with E-state index < -0.39 is 5.41 Å². The molecule has 0 unspecified atom stereocenters. The zero-order valence-electron chi connectivity index (χ0n) is 9.21. The molecule has 0 heterocycles. The van der Waals surface area contributed by atoms with Crippen LogP contribution in [0, 0.1) is 5.41 Å². The van der Waals surface area contributed by atoms with E-state index in [-0.39, 0.29) is 12.6 Å². The summed E-state index contributed by atoms with van der Waals surface area (Å²) in [5.74, 6) is -0.220. The molecule has 0 atom stereocenters. The fraction of sp³-hybridized carbons (Fsp3) is 0.417. The van der Waals surface area contributed by atoms with Gasteiger partial charge in [0.1, 0.15) is 6.61 Å². The summed E-state index contributed by atoms with van der Waals surface area (Å²) in [4.78, 5) is 11.5. The van der Waals surface area contributed by atoms with Crippen LogP contribution in [0.3, 0.4) is 0 Å². The number of hydrogen-bond donors (Lipinski definition) is 0. The summed E-state index contributed by atoms with van der Waals surface area (Å²) in [5, 5.41) is 0.624. The third-order valence-electron chi connectivity index (χ3n) is 1.93. The van der Waals surface area contributed by atoms with Gasteiger partial charge in [-0.05, 0) is 26.8 Å². The van der Waals surface area contributed by atoms with E-state index >= 15 is 0 Å². The first-order valence-electron chi connectivity index (χ1n) is 4.82. The zero-order valence-corrected chi connectivity index (χ0v) is 9.97. The lowest BCUT2D eigenvalue weighted by molar-refractivity contribution is -0.154. The van der Waals surface area contributed by atoms with Gasteiger partial charge in [0.05, 0.1) is 5.41 Å². The number of halogens is 1. The molecule has 3 heteroatoms. The lowest BCUT2D eigenvalue weighted by Gasteiger charge is -2.16. The average molecular weight is 227 g/mol. The Bertz CT molecular complexity index is 353. The van der Waals surface area contributed by atoms with Crippen molar-refractivity contribution < 1.29 is 9.53 Å². The quantitative estimate of drug-likeness (QED) is 0.723. The summed E-state index contributed by atoms with van der Waals surface area (Å²) in [5.41, 5.74) is 0.359. The molecule has 0 radical (unpaired) electrons. The number of benzene rings is 1. The monoisotopic (exact) mass is 226 g/mol. The van der Waals surface area contributed by atoms with Crippen molar-refractivity contribution in [2.45, 2.75) is 27.4 Å². The van der Waals surface area contributed by atoms with Crippen LogP contribution in [-0.2, 0) is 16.1 Å². The standard InChI is InChI=1S/C12H15ClO2/c1-12(2,3)11(14)15-8-9-6-4-5-7-10(9)13/h4-7H,8H2,1-3H3. The van der Waals surface area contributed by atoms with Crippen molar-refractivity contribution in [3.63, 3.8) is 0 Å². The van der Waals surface area contributed by atoms with Gasteiger partial charge in [-0.1, -0.05) is 29.8 Å². The first-order valence-corrected chi connectivity index (χ1v) is 5.19. The zero-order chi connectivity index (χ0) is 11.5. The van der Waals surface area contributed by atoms with Crippen molar-refractivity contribution in [3.8, 4) is 0 Å². The van der Waals surface area contributed by atoms with Crippen LogP contribution in [0.25, 0.3) is 0 Å². The fourth-order valence-corrected chi connectivity index (χ4v) is 1.17. The predicted octanol–water partition coefficient (Wildman–Crippen LogP) is 3.43. The Labute approximate surface area is 95.2 Å². The summed E-state index contributed by atoms with van der Waals surface area (Å²) < 4.78 is 5.15. The normalized spacial score (nSPS) is 11.2. The Balaban J connectivity index is 2.59. The highest BCUT2D eigenvalue weighted by Gasteiger charge is 2.23. The molecule has 2 nitrogen and oxygen atoms in total. The maximum Gasteiger partial charge on any atom is 0.311 e. The summed E-state index contributed by atoms with van der Waals surface area (Å²) in [7, 11) is 0. The van der Waals surface area contributed by atoms with E-state index in [4.69, 9.17) is 16.3 Å². The van der Waals surface area contributed by atoms with Gasteiger partial charge in [-0.2, -0.15) is 0 Å². The molecule has 1 aromatic carbocycles. The van der Waals surface area contributed by atoms with Crippen LogP contribution >= 0.6 is 11.6 Å². The molecular formula is C12H15ClO2. The van der Waals surface area contributed by atoms with Crippen LogP contribution in [-0.4, -0.2) is 5.97 Å². The van der Waals surface area contributed by atoms with Gasteiger partial charge < -0.3 is 4.74 Å². The second-order valence-electron chi connectivity index (χ2n) is 4.42. The molecule has 0 aliphatic carbocycles. The molecule has 0 N–H and O–H groups in total. The predicted molar refractivity (Wildman–Crippen MR) is 60.7 cm³/mol. The minimum atomic E-state index is -0.471. The molecule has 0 amide bonds. The first-order chi connectivity index (χ1) is 6.91. The van der Waals surface area contributed by atoms with Crippen LogP contribution in [0.2, 0.25) is 5.02 Å². The van der Waals surface area contributed by atoms with Gasteiger partial charge in [-0.15, -0.1) is 0 Å². The summed E-state index contributed by atoms with van der Waals surface area (Å²) in [6, 6.07) is 7.34. The van der Waals surface area contributed by atoms with Crippen LogP contribution in [0.15, 0.2) is 24.3 Å². The molecule has 1 aromatic rings. The average Bonchev–Trinajstić information content (AvgIpc) is 2.14. The second-order valence-corrected chi connectivity index (χ2v) is 4.82.